The molecule has 6 heteroatoms. The third-order valence-corrected chi connectivity index (χ3v) is 2.58. The van der Waals surface area contributed by atoms with Crippen molar-refractivity contribution in [1.29, 1.82) is 0 Å². The van der Waals surface area contributed by atoms with Crippen molar-refractivity contribution < 1.29 is 24.2 Å². The highest BCUT2D eigenvalue weighted by Gasteiger charge is 2.50. The number of likely N-dealkylation sites (tertiary alicyclic amines) is 1. The molecule has 1 fully saturated rings. The van der Waals surface area contributed by atoms with Gasteiger partial charge in [-0.1, -0.05) is 0 Å². The van der Waals surface area contributed by atoms with Crippen LogP contribution in [0.25, 0.3) is 0 Å². The van der Waals surface area contributed by atoms with E-state index in [9.17, 15) is 14.4 Å². The van der Waals surface area contributed by atoms with Crippen LogP contribution in [0.4, 0.5) is 4.79 Å². The lowest BCUT2D eigenvalue weighted by Gasteiger charge is -2.24. The van der Waals surface area contributed by atoms with Gasteiger partial charge in [-0.3, -0.25) is 14.5 Å². The Hall–Kier alpha value is -1.59. The molecule has 0 aliphatic carbocycles. The number of carbonyl (C=O) groups is 3. The molecule has 1 amide bonds. The number of ketones is 1. The van der Waals surface area contributed by atoms with Gasteiger partial charge in [0.2, 0.25) is 0 Å². The summed E-state index contributed by atoms with van der Waals surface area (Å²) in [5, 5.41) is 8.98. The number of aliphatic carboxylic acids is 1. The Kier molecular flexibility index (Phi) is 3.18. The molecule has 1 rings (SSSR count). The fourth-order valence-electron chi connectivity index (χ4n) is 1.52. The predicted octanol–water partition coefficient (Wildman–Crippen LogP) is 0.897. The van der Waals surface area contributed by atoms with Crippen LogP contribution >= 0.6 is 0 Å². The average molecular weight is 243 g/mol. The maximum absolute atomic E-state index is 11.7. The van der Waals surface area contributed by atoms with Gasteiger partial charge in [0.25, 0.3) is 0 Å². The smallest absolute Gasteiger partial charge is 0.410 e. The lowest BCUT2D eigenvalue weighted by Crippen LogP contribution is -2.39. The number of rotatable bonds is 1. The molecule has 0 aromatic rings. The highest BCUT2D eigenvalue weighted by atomic mass is 16.6. The summed E-state index contributed by atoms with van der Waals surface area (Å²) >= 11 is 0. The van der Waals surface area contributed by atoms with Gasteiger partial charge >= 0.3 is 12.1 Å². The zero-order valence-electron chi connectivity index (χ0n) is 10.4. The van der Waals surface area contributed by atoms with Crippen molar-refractivity contribution in [3.05, 3.63) is 0 Å². The van der Waals surface area contributed by atoms with E-state index in [-0.39, 0.29) is 13.1 Å². The highest BCUT2D eigenvalue weighted by Crippen LogP contribution is 2.28. The number of carbonyl (C=O) groups excluding carboxylic acids is 2. The van der Waals surface area contributed by atoms with Gasteiger partial charge < -0.3 is 9.84 Å². The van der Waals surface area contributed by atoms with E-state index >= 15 is 0 Å². The molecular formula is C11H17NO5. The van der Waals surface area contributed by atoms with E-state index in [1.807, 2.05) is 0 Å². The van der Waals surface area contributed by atoms with Crippen molar-refractivity contribution >= 4 is 17.8 Å². The number of carboxylic acid groups (broad SMARTS) is 1. The number of Topliss-reactive ketones (excluding diaryl/α,β-unsaturated/α-hetero) is 1. The summed E-state index contributed by atoms with van der Waals surface area (Å²) in [4.78, 5) is 35.4. The van der Waals surface area contributed by atoms with Crippen LogP contribution in [0.1, 0.15) is 27.7 Å². The van der Waals surface area contributed by atoms with Crippen LogP contribution in [0.15, 0.2) is 0 Å². The summed E-state index contributed by atoms with van der Waals surface area (Å²) in [6.45, 7) is 6.09. The van der Waals surface area contributed by atoms with E-state index in [4.69, 9.17) is 9.84 Å². The maximum Gasteiger partial charge on any atom is 0.410 e. The summed E-state index contributed by atoms with van der Waals surface area (Å²) in [6.07, 6.45) is -0.657. The molecular weight excluding hydrogens is 226 g/mol. The molecule has 1 aliphatic heterocycles. The summed E-state index contributed by atoms with van der Waals surface area (Å²) < 4.78 is 5.08. The van der Waals surface area contributed by atoms with Crippen molar-refractivity contribution in [1.82, 2.24) is 4.90 Å². The SMILES string of the molecule is CC(C)(C)OC(=O)N1CC(=O)C(C)(C(=O)O)C1. The lowest BCUT2D eigenvalue weighted by atomic mass is 9.89. The van der Waals surface area contributed by atoms with Gasteiger partial charge in [0.05, 0.1) is 6.54 Å². The number of amides is 1. The quantitative estimate of drug-likeness (QED) is 0.691. The van der Waals surface area contributed by atoms with Crippen LogP contribution in [0.2, 0.25) is 0 Å². The molecule has 1 heterocycles. The van der Waals surface area contributed by atoms with Crippen LogP contribution in [0.5, 0.6) is 0 Å². The van der Waals surface area contributed by atoms with Crippen molar-refractivity contribution in [2.45, 2.75) is 33.3 Å². The Morgan fingerprint density at radius 3 is 2.29 bits per heavy atom. The third kappa shape index (κ3) is 2.75. The summed E-state index contributed by atoms with van der Waals surface area (Å²) in [6, 6.07) is 0. The molecule has 1 atom stereocenters. The second-order valence-corrected chi connectivity index (χ2v) is 5.40. The van der Waals surface area contributed by atoms with Crippen LogP contribution in [-0.2, 0) is 14.3 Å². The van der Waals surface area contributed by atoms with Gasteiger partial charge in [0.15, 0.2) is 5.78 Å². The van der Waals surface area contributed by atoms with E-state index in [2.05, 4.69) is 0 Å². The van der Waals surface area contributed by atoms with Crippen LogP contribution in [-0.4, -0.2) is 46.5 Å². The zero-order valence-corrected chi connectivity index (χ0v) is 10.4. The Labute approximate surface area is 99.5 Å². The fourth-order valence-corrected chi connectivity index (χ4v) is 1.52. The van der Waals surface area contributed by atoms with E-state index < -0.39 is 28.9 Å². The normalized spacial score (nSPS) is 24.9. The van der Waals surface area contributed by atoms with Crippen LogP contribution in [0, 0.1) is 5.41 Å². The van der Waals surface area contributed by atoms with Gasteiger partial charge in [-0.05, 0) is 27.7 Å². The van der Waals surface area contributed by atoms with Crippen molar-refractivity contribution in [2.24, 2.45) is 5.41 Å². The minimum atomic E-state index is -1.52. The Morgan fingerprint density at radius 1 is 1.41 bits per heavy atom. The first-order valence-corrected chi connectivity index (χ1v) is 5.31. The minimum Gasteiger partial charge on any atom is -0.480 e. The Bertz CT molecular complexity index is 371. The average Bonchev–Trinajstić information content (AvgIpc) is 2.42. The van der Waals surface area contributed by atoms with Gasteiger partial charge in [-0.25, -0.2) is 4.79 Å². The Morgan fingerprint density at radius 2 is 1.94 bits per heavy atom. The summed E-state index contributed by atoms with van der Waals surface area (Å²) in [7, 11) is 0. The lowest BCUT2D eigenvalue weighted by molar-refractivity contribution is -0.151. The monoisotopic (exact) mass is 243 g/mol. The van der Waals surface area contributed by atoms with Crippen molar-refractivity contribution in [2.75, 3.05) is 13.1 Å². The van der Waals surface area contributed by atoms with Gasteiger partial charge in [0.1, 0.15) is 11.0 Å². The number of hydrogen-bond acceptors (Lipinski definition) is 4. The maximum atomic E-state index is 11.7. The van der Waals surface area contributed by atoms with E-state index in [0.717, 1.165) is 4.90 Å². The van der Waals surface area contributed by atoms with Crippen LogP contribution in [0.3, 0.4) is 0 Å². The van der Waals surface area contributed by atoms with Gasteiger partial charge in [0, 0.05) is 6.54 Å². The fraction of sp³-hybridized carbons (Fsp3) is 0.727. The van der Waals surface area contributed by atoms with Gasteiger partial charge in [-0.2, -0.15) is 0 Å². The molecule has 1 N–H and O–H groups in total. The van der Waals surface area contributed by atoms with E-state index in [1.165, 1.54) is 6.92 Å². The van der Waals surface area contributed by atoms with Crippen molar-refractivity contribution in [3.8, 4) is 0 Å². The first-order chi connectivity index (χ1) is 7.56. The number of carboxylic acids is 1. The predicted molar refractivity (Wildman–Crippen MR) is 58.6 cm³/mol. The zero-order chi connectivity index (χ0) is 13.4. The Balaban J connectivity index is 2.76. The number of ether oxygens (including phenoxy) is 1. The molecule has 96 valence electrons. The van der Waals surface area contributed by atoms with Gasteiger partial charge in [-0.15, -0.1) is 0 Å². The minimum absolute atomic E-state index is 0.143. The second-order valence-electron chi connectivity index (χ2n) is 5.40. The standard InChI is InChI=1S/C11H17NO5/c1-10(2,3)17-9(16)12-5-7(13)11(4,6-12)8(14)15/h5-6H2,1-4H3,(H,14,15). The van der Waals surface area contributed by atoms with E-state index in [1.54, 1.807) is 20.8 Å². The molecule has 0 aromatic heterocycles. The van der Waals surface area contributed by atoms with Crippen molar-refractivity contribution in [3.63, 3.8) is 0 Å². The van der Waals surface area contributed by atoms with Crippen LogP contribution < -0.4 is 0 Å². The molecule has 0 spiro atoms. The van der Waals surface area contributed by atoms with E-state index in [0.29, 0.717) is 0 Å². The summed E-state index contributed by atoms with van der Waals surface area (Å²) in [5.41, 5.74) is -2.18. The third-order valence-electron chi connectivity index (χ3n) is 2.58. The molecule has 1 aliphatic rings. The molecule has 0 saturated carbocycles. The topological polar surface area (TPSA) is 83.9 Å². The molecule has 0 bridgehead atoms. The second kappa shape index (κ2) is 4.01. The largest absolute Gasteiger partial charge is 0.480 e. The molecule has 1 saturated heterocycles. The molecule has 0 aromatic carbocycles. The molecule has 1 unspecified atom stereocenters. The highest BCUT2D eigenvalue weighted by molar-refractivity contribution is 6.06. The summed E-state index contributed by atoms with van der Waals surface area (Å²) in [5.74, 6) is -1.69. The molecule has 17 heavy (non-hydrogen) atoms. The first-order valence-electron chi connectivity index (χ1n) is 5.31. The molecule has 6 nitrogen and oxygen atoms in total. The molecule has 0 radical (unpaired) electrons. The number of nitrogens with zero attached hydrogens (tertiary/aromatic N) is 1. The number of hydrogen-bond donors (Lipinski definition) is 1. The first kappa shape index (κ1) is 13.5.